The molecular formula is C22H27N5O. The van der Waals surface area contributed by atoms with Crippen molar-refractivity contribution in [1.29, 1.82) is 0 Å². The van der Waals surface area contributed by atoms with Gasteiger partial charge in [-0.1, -0.05) is 13.8 Å². The number of hydrogen-bond donors (Lipinski definition) is 1. The van der Waals surface area contributed by atoms with Crippen LogP contribution in [0.1, 0.15) is 38.8 Å². The summed E-state index contributed by atoms with van der Waals surface area (Å²) in [6.07, 6.45) is 4.92. The van der Waals surface area contributed by atoms with Crippen molar-refractivity contribution in [2.24, 2.45) is 5.41 Å². The highest BCUT2D eigenvalue weighted by Gasteiger charge is 2.43. The minimum absolute atomic E-state index is 0.0000175. The van der Waals surface area contributed by atoms with Gasteiger partial charge in [-0.2, -0.15) is 0 Å². The van der Waals surface area contributed by atoms with Crippen molar-refractivity contribution >= 4 is 17.5 Å². The second-order valence-corrected chi connectivity index (χ2v) is 9.20. The van der Waals surface area contributed by atoms with Gasteiger partial charge in [-0.05, 0) is 55.9 Å². The summed E-state index contributed by atoms with van der Waals surface area (Å²) in [5.41, 5.74) is 4.21. The molecule has 2 amide bonds. The van der Waals surface area contributed by atoms with Crippen molar-refractivity contribution in [2.75, 3.05) is 22.9 Å². The lowest BCUT2D eigenvalue weighted by molar-refractivity contribution is 0.131. The van der Waals surface area contributed by atoms with Gasteiger partial charge in [-0.25, -0.2) is 9.78 Å². The molecular weight excluding hydrogens is 350 g/mol. The molecule has 2 fully saturated rings. The average Bonchev–Trinajstić information content (AvgIpc) is 3.05. The Morgan fingerprint density at radius 2 is 2.04 bits per heavy atom. The Hall–Kier alpha value is -2.63. The van der Waals surface area contributed by atoms with Crippen LogP contribution < -0.4 is 15.1 Å². The fourth-order valence-electron chi connectivity index (χ4n) is 4.87. The molecule has 1 atom stereocenters. The maximum atomic E-state index is 13.2. The predicted molar refractivity (Wildman–Crippen MR) is 111 cm³/mol. The van der Waals surface area contributed by atoms with Gasteiger partial charge in [-0.15, -0.1) is 0 Å². The molecule has 2 bridgehead atoms. The number of nitrogens with one attached hydrogen (secondary N) is 1. The maximum absolute atomic E-state index is 13.2. The molecule has 4 heterocycles. The standard InChI is InChI=1S/C22H27N5O/c1-14-4-5-15(12-23-14)18-6-7-19-20(25-18)27(17-8-9-26(19)13-17)21(28)24-16-10-22(2,3)11-16/h4-7,12,16-17H,8-11,13H2,1-3H3,(H,24,28)/t17-/m0/s1. The van der Waals surface area contributed by atoms with Crippen molar-refractivity contribution in [2.45, 2.75) is 52.1 Å². The van der Waals surface area contributed by atoms with E-state index in [-0.39, 0.29) is 18.1 Å². The minimum atomic E-state index is -0.0000175. The van der Waals surface area contributed by atoms with E-state index in [0.29, 0.717) is 5.41 Å². The van der Waals surface area contributed by atoms with E-state index in [1.807, 2.05) is 36.2 Å². The zero-order valence-corrected chi connectivity index (χ0v) is 16.8. The number of hydrogen-bond acceptors (Lipinski definition) is 4. The molecule has 1 saturated carbocycles. The Morgan fingerprint density at radius 3 is 2.75 bits per heavy atom. The third-order valence-electron chi connectivity index (χ3n) is 6.30. The molecule has 2 aromatic rings. The van der Waals surface area contributed by atoms with E-state index in [4.69, 9.17) is 4.98 Å². The van der Waals surface area contributed by atoms with E-state index in [9.17, 15) is 4.79 Å². The first-order valence-electron chi connectivity index (χ1n) is 10.2. The van der Waals surface area contributed by atoms with E-state index >= 15 is 0 Å². The summed E-state index contributed by atoms with van der Waals surface area (Å²) in [4.78, 5) is 26.8. The molecule has 0 aromatic carbocycles. The number of fused-ring (bicyclic) bond motifs is 4. The topological polar surface area (TPSA) is 61.4 Å². The van der Waals surface area contributed by atoms with E-state index in [1.165, 1.54) is 0 Å². The Kier molecular flexibility index (Phi) is 3.86. The molecule has 146 valence electrons. The summed E-state index contributed by atoms with van der Waals surface area (Å²) in [7, 11) is 0. The van der Waals surface area contributed by atoms with Crippen molar-refractivity contribution in [3.8, 4) is 11.3 Å². The van der Waals surface area contributed by atoms with Crippen LogP contribution in [-0.2, 0) is 0 Å². The van der Waals surface area contributed by atoms with E-state index in [2.05, 4.69) is 35.1 Å². The van der Waals surface area contributed by atoms with Crippen LogP contribution in [0, 0.1) is 12.3 Å². The highest BCUT2D eigenvalue weighted by atomic mass is 16.2. The molecule has 1 saturated heterocycles. The van der Waals surface area contributed by atoms with E-state index < -0.39 is 0 Å². The number of carbonyl (C=O) groups excluding carboxylic acids is 1. The van der Waals surface area contributed by atoms with E-state index in [0.717, 1.165) is 60.8 Å². The maximum Gasteiger partial charge on any atom is 0.323 e. The quantitative estimate of drug-likeness (QED) is 0.866. The number of anilines is 2. The third kappa shape index (κ3) is 2.91. The summed E-state index contributed by atoms with van der Waals surface area (Å²) in [5, 5.41) is 3.25. The largest absolute Gasteiger partial charge is 0.366 e. The lowest BCUT2D eigenvalue weighted by Gasteiger charge is -2.44. The van der Waals surface area contributed by atoms with Gasteiger partial charge in [0.2, 0.25) is 0 Å². The number of carbonyl (C=O) groups is 1. The van der Waals surface area contributed by atoms with Crippen molar-refractivity contribution < 1.29 is 4.79 Å². The number of amides is 2. The second-order valence-electron chi connectivity index (χ2n) is 9.20. The van der Waals surface area contributed by atoms with Gasteiger partial charge in [0, 0.05) is 36.6 Å². The van der Waals surface area contributed by atoms with Gasteiger partial charge in [0.15, 0.2) is 5.82 Å². The Bertz CT molecular complexity index is 915. The first-order valence-corrected chi connectivity index (χ1v) is 10.2. The third-order valence-corrected chi connectivity index (χ3v) is 6.30. The molecule has 0 unspecified atom stereocenters. The Labute approximate surface area is 166 Å². The zero-order valence-electron chi connectivity index (χ0n) is 16.8. The minimum Gasteiger partial charge on any atom is -0.366 e. The van der Waals surface area contributed by atoms with Crippen molar-refractivity contribution in [3.05, 3.63) is 36.2 Å². The molecule has 2 aliphatic heterocycles. The van der Waals surface area contributed by atoms with Crippen molar-refractivity contribution in [1.82, 2.24) is 15.3 Å². The molecule has 28 heavy (non-hydrogen) atoms. The normalized spacial score (nSPS) is 22.6. The fourth-order valence-corrected chi connectivity index (χ4v) is 4.87. The lowest BCUT2D eigenvalue weighted by atomic mass is 9.68. The van der Waals surface area contributed by atoms with Crippen LogP contribution in [0.25, 0.3) is 11.3 Å². The molecule has 1 aliphatic carbocycles. The van der Waals surface area contributed by atoms with Gasteiger partial charge < -0.3 is 10.2 Å². The number of aromatic nitrogens is 2. The van der Waals surface area contributed by atoms with Crippen LogP contribution in [0.3, 0.4) is 0 Å². The van der Waals surface area contributed by atoms with Gasteiger partial charge in [0.1, 0.15) is 0 Å². The first-order chi connectivity index (χ1) is 13.4. The number of aryl methyl sites for hydroxylation is 1. The van der Waals surface area contributed by atoms with Gasteiger partial charge >= 0.3 is 6.03 Å². The molecule has 6 heteroatoms. The number of nitrogens with zero attached hydrogens (tertiary/aromatic N) is 4. The molecule has 6 nitrogen and oxygen atoms in total. The summed E-state index contributed by atoms with van der Waals surface area (Å²) < 4.78 is 0. The summed E-state index contributed by atoms with van der Waals surface area (Å²) in [6.45, 7) is 8.35. The van der Waals surface area contributed by atoms with Gasteiger partial charge in [-0.3, -0.25) is 9.88 Å². The highest BCUT2D eigenvalue weighted by molar-refractivity contribution is 5.97. The fraction of sp³-hybridized carbons (Fsp3) is 0.500. The van der Waals surface area contributed by atoms with Crippen LogP contribution in [0.15, 0.2) is 30.5 Å². The van der Waals surface area contributed by atoms with Gasteiger partial charge in [0.25, 0.3) is 0 Å². The Balaban J connectivity index is 1.47. The molecule has 1 N–H and O–H groups in total. The second kappa shape index (κ2) is 6.19. The van der Waals surface area contributed by atoms with Gasteiger partial charge in [0.05, 0.1) is 17.4 Å². The van der Waals surface area contributed by atoms with Crippen LogP contribution in [0.5, 0.6) is 0 Å². The molecule has 0 radical (unpaired) electrons. The average molecular weight is 377 g/mol. The van der Waals surface area contributed by atoms with Crippen LogP contribution in [0.4, 0.5) is 16.3 Å². The Morgan fingerprint density at radius 1 is 1.21 bits per heavy atom. The van der Waals surface area contributed by atoms with Crippen LogP contribution in [0.2, 0.25) is 0 Å². The lowest BCUT2D eigenvalue weighted by Crippen LogP contribution is -2.56. The summed E-state index contributed by atoms with van der Waals surface area (Å²) in [6, 6.07) is 8.64. The number of rotatable bonds is 2. The van der Waals surface area contributed by atoms with Crippen LogP contribution >= 0.6 is 0 Å². The van der Waals surface area contributed by atoms with E-state index in [1.54, 1.807) is 0 Å². The number of urea groups is 1. The highest BCUT2D eigenvalue weighted by Crippen LogP contribution is 2.42. The smallest absolute Gasteiger partial charge is 0.323 e. The summed E-state index contributed by atoms with van der Waals surface area (Å²) >= 11 is 0. The monoisotopic (exact) mass is 377 g/mol. The SMILES string of the molecule is Cc1ccc(-c2ccc3c(n2)N(C(=O)NC2CC(C)(C)C2)[C@H]2CCN3C2)cn1. The van der Waals surface area contributed by atoms with Crippen LogP contribution in [-0.4, -0.2) is 41.2 Å². The molecule has 2 aromatic heterocycles. The molecule has 5 rings (SSSR count). The summed E-state index contributed by atoms with van der Waals surface area (Å²) in [5.74, 6) is 0.780. The zero-order chi connectivity index (χ0) is 19.5. The van der Waals surface area contributed by atoms with Crippen molar-refractivity contribution in [3.63, 3.8) is 0 Å². The first kappa shape index (κ1) is 17.5. The predicted octanol–water partition coefficient (Wildman–Crippen LogP) is 3.75. The number of pyridine rings is 2. The molecule has 0 spiro atoms. The molecule has 3 aliphatic rings.